The number of hydrogen-bond acceptors (Lipinski definition) is 4. The summed E-state index contributed by atoms with van der Waals surface area (Å²) in [5, 5.41) is 3.89. The van der Waals surface area contributed by atoms with E-state index in [1.165, 1.54) is 0 Å². The normalized spacial score (nSPS) is 15.4. The summed E-state index contributed by atoms with van der Waals surface area (Å²) in [7, 11) is 1.58. The van der Waals surface area contributed by atoms with Crippen LogP contribution in [0.5, 0.6) is 5.75 Å². The highest BCUT2D eigenvalue weighted by Crippen LogP contribution is 2.28. The second-order valence-corrected chi connectivity index (χ2v) is 6.48. The fraction of sp³-hybridized carbons (Fsp3) is 0.533. The maximum Gasteiger partial charge on any atom is 0.410 e. The third kappa shape index (κ3) is 4.17. The zero-order chi connectivity index (χ0) is 15.6. The van der Waals surface area contributed by atoms with Crippen molar-refractivity contribution in [1.82, 2.24) is 4.90 Å². The molecule has 0 unspecified atom stereocenters. The first kappa shape index (κ1) is 15.8. The first-order chi connectivity index (χ1) is 9.78. The van der Waals surface area contributed by atoms with E-state index in [4.69, 9.17) is 21.1 Å². The number of carbonyl (C=O) groups excluding carboxylic acids is 1. The van der Waals surface area contributed by atoms with Gasteiger partial charge in [-0.3, -0.25) is 0 Å². The van der Waals surface area contributed by atoms with Crippen molar-refractivity contribution in [3.63, 3.8) is 0 Å². The zero-order valence-electron chi connectivity index (χ0n) is 12.8. The number of carbonyl (C=O) groups is 1. The average molecular weight is 313 g/mol. The van der Waals surface area contributed by atoms with E-state index in [1.807, 2.05) is 39.0 Å². The number of hydrogen-bond donors (Lipinski definition) is 1. The molecular weight excluding hydrogens is 292 g/mol. The number of halogens is 1. The van der Waals surface area contributed by atoms with Gasteiger partial charge in [-0.05, 0) is 39.0 Å². The third-order valence-corrected chi connectivity index (χ3v) is 3.35. The summed E-state index contributed by atoms with van der Waals surface area (Å²) in [6.45, 7) is 6.83. The number of rotatable bonds is 3. The molecule has 0 atom stereocenters. The van der Waals surface area contributed by atoms with E-state index in [-0.39, 0.29) is 12.1 Å². The Kier molecular flexibility index (Phi) is 4.52. The molecule has 1 aliphatic rings. The van der Waals surface area contributed by atoms with Crippen molar-refractivity contribution in [2.75, 3.05) is 25.5 Å². The first-order valence-electron chi connectivity index (χ1n) is 6.86. The molecule has 0 saturated carbocycles. The summed E-state index contributed by atoms with van der Waals surface area (Å²) >= 11 is 6.08. The van der Waals surface area contributed by atoms with Crippen molar-refractivity contribution < 1.29 is 14.3 Å². The molecule has 1 aromatic carbocycles. The van der Waals surface area contributed by atoms with E-state index >= 15 is 0 Å². The van der Waals surface area contributed by atoms with Gasteiger partial charge in [-0.2, -0.15) is 0 Å². The fourth-order valence-electron chi connectivity index (χ4n) is 2.04. The van der Waals surface area contributed by atoms with Crippen LogP contribution < -0.4 is 10.1 Å². The second-order valence-electron chi connectivity index (χ2n) is 6.08. The van der Waals surface area contributed by atoms with Gasteiger partial charge in [0.1, 0.15) is 11.4 Å². The molecule has 5 nitrogen and oxygen atoms in total. The first-order valence-corrected chi connectivity index (χ1v) is 7.24. The van der Waals surface area contributed by atoms with E-state index in [1.54, 1.807) is 12.0 Å². The molecule has 1 aliphatic heterocycles. The molecule has 21 heavy (non-hydrogen) atoms. The van der Waals surface area contributed by atoms with Gasteiger partial charge in [0.15, 0.2) is 0 Å². The van der Waals surface area contributed by atoms with Crippen molar-refractivity contribution in [3.05, 3.63) is 23.2 Å². The highest BCUT2D eigenvalue weighted by Gasteiger charge is 2.33. The largest absolute Gasteiger partial charge is 0.495 e. The lowest BCUT2D eigenvalue weighted by Gasteiger charge is -2.40. The van der Waals surface area contributed by atoms with Crippen molar-refractivity contribution in [1.29, 1.82) is 0 Å². The molecule has 1 heterocycles. The Hall–Kier alpha value is -1.62. The molecule has 0 aromatic heterocycles. The number of nitrogens with zero attached hydrogens (tertiary/aromatic N) is 1. The molecule has 116 valence electrons. The van der Waals surface area contributed by atoms with Crippen molar-refractivity contribution >= 4 is 23.4 Å². The Morgan fingerprint density at radius 1 is 1.38 bits per heavy atom. The van der Waals surface area contributed by atoms with Gasteiger partial charge < -0.3 is 19.7 Å². The molecule has 1 N–H and O–H groups in total. The summed E-state index contributed by atoms with van der Waals surface area (Å²) in [6, 6.07) is 5.74. The van der Waals surface area contributed by atoms with Crippen LogP contribution >= 0.6 is 11.6 Å². The number of benzene rings is 1. The van der Waals surface area contributed by atoms with Crippen LogP contribution in [0.3, 0.4) is 0 Å². The summed E-state index contributed by atoms with van der Waals surface area (Å²) in [6.07, 6.45) is -0.270. The maximum atomic E-state index is 11.8. The van der Waals surface area contributed by atoms with Gasteiger partial charge in [-0.25, -0.2) is 4.79 Å². The molecule has 1 saturated heterocycles. The number of likely N-dealkylation sites (tertiary alicyclic amines) is 1. The SMILES string of the molecule is COc1ccc(NC2CN(C(=O)OC(C)(C)C)C2)cc1Cl. The highest BCUT2D eigenvalue weighted by atomic mass is 35.5. The lowest BCUT2D eigenvalue weighted by Crippen LogP contribution is -2.57. The second kappa shape index (κ2) is 6.02. The fourth-order valence-corrected chi connectivity index (χ4v) is 2.29. The molecule has 1 amide bonds. The minimum atomic E-state index is -0.459. The summed E-state index contributed by atoms with van der Waals surface area (Å²) in [5.74, 6) is 0.645. The summed E-state index contributed by atoms with van der Waals surface area (Å²) in [4.78, 5) is 13.5. The van der Waals surface area contributed by atoms with Gasteiger partial charge in [-0.15, -0.1) is 0 Å². The van der Waals surface area contributed by atoms with Crippen LogP contribution in [0.15, 0.2) is 18.2 Å². The van der Waals surface area contributed by atoms with Crippen LogP contribution in [-0.4, -0.2) is 42.8 Å². The molecule has 0 radical (unpaired) electrons. The average Bonchev–Trinajstić information content (AvgIpc) is 2.31. The van der Waals surface area contributed by atoms with E-state index in [2.05, 4.69) is 5.32 Å². The quantitative estimate of drug-likeness (QED) is 0.929. The molecule has 6 heteroatoms. The summed E-state index contributed by atoms with van der Waals surface area (Å²) < 4.78 is 10.4. The van der Waals surface area contributed by atoms with Gasteiger partial charge >= 0.3 is 6.09 Å². The summed E-state index contributed by atoms with van der Waals surface area (Å²) in [5.41, 5.74) is 0.452. The smallest absolute Gasteiger partial charge is 0.410 e. The minimum Gasteiger partial charge on any atom is -0.495 e. The highest BCUT2D eigenvalue weighted by molar-refractivity contribution is 6.32. The van der Waals surface area contributed by atoms with Crippen LogP contribution in [0.25, 0.3) is 0 Å². The van der Waals surface area contributed by atoms with Gasteiger partial charge in [0.25, 0.3) is 0 Å². The standard InChI is InChI=1S/C15H21ClN2O3/c1-15(2,3)21-14(19)18-8-11(9-18)17-10-5-6-13(20-4)12(16)7-10/h5-7,11,17H,8-9H2,1-4H3. The Labute approximate surface area is 130 Å². The van der Waals surface area contributed by atoms with Gasteiger partial charge in [0, 0.05) is 18.8 Å². The Balaban J connectivity index is 1.83. The van der Waals surface area contributed by atoms with E-state index in [9.17, 15) is 4.79 Å². The van der Waals surface area contributed by atoms with Crippen LogP contribution in [-0.2, 0) is 4.74 Å². The number of amides is 1. The Morgan fingerprint density at radius 2 is 2.05 bits per heavy atom. The lowest BCUT2D eigenvalue weighted by atomic mass is 10.1. The molecule has 1 aromatic rings. The molecular formula is C15H21ClN2O3. The lowest BCUT2D eigenvalue weighted by molar-refractivity contribution is 0.0105. The monoisotopic (exact) mass is 312 g/mol. The van der Waals surface area contributed by atoms with Crippen LogP contribution in [0.4, 0.5) is 10.5 Å². The molecule has 2 rings (SSSR count). The topological polar surface area (TPSA) is 50.8 Å². The zero-order valence-corrected chi connectivity index (χ0v) is 13.5. The Morgan fingerprint density at radius 3 is 2.57 bits per heavy atom. The van der Waals surface area contributed by atoms with Crippen molar-refractivity contribution in [2.45, 2.75) is 32.4 Å². The van der Waals surface area contributed by atoms with Crippen LogP contribution in [0.1, 0.15) is 20.8 Å². The molecule has 1 fully saturated rings. The molecule has 0 spiro atoms. The predicted octanol–water partition coefficient (Wildman–Crippen LogP) is 3.38. The van der Waals surface area contributed by atoms with Gasteiger partial charge in [-0.1, -0.05) is 11.6 Å². The third-order valence-electron chi connectivity index (χ3n) is 3.06. The maximum absolute atomic E-state index is 11.8. The van der Waals surface area contributed by atoms with Crippen LogP contribution in [0, 0.1) is 0 Å². The number of anilines is 1. The molecule has 0 bridgehead atoms. The van der Waals surface area contributed by atoms with Gasteiger partial charge in [0.05, 0.1) is 18.2 Å². The van der Waals surface area contributed by atoms with Crippen molar-refractivity contribution in [3.8, 4) is 5.75 Å². The molecule has 0 aliphatic carbocycles. The van der Waals surface area contributed by atoms with Crippen LogP contribution in [0.2, 0.25) is 5.02 Å². The van der Waals surface area contributed by atoms with E-state index < -0.39 is 5.60 Å². The Bertz CT molecular complexity index is 522. The minimum absolute atomic E-state index is 0.210. The van der Waals surface area contributed by atoms with E-state index in [0.29, 0.717) is 23.9 Å². The number of nitrogens with one attached hydrogen (secondary N) is 1. The van der Waals surface area contributed by atoms with Crippen molar-refractivity contribution in [2.24, 2.45) is 0 Å². The number of ether oxygens (including phenoxy) is 2. The predicted molar refractivity (Wildman–Crippen MR) is 83.2 cm³/mol. The number of methoxy groups -OCH3 is 1. The van der Waals surface area contributed by atoms with E-state index in [0.717, 1.165) is 5.69 Å². The van der Waals surface area contributed by atoms with Gasteiger partial charge in [0.2, 0.25) is 0 Å².